The van der Waals surface area contributed by atoms with E-state index in [0.717, 1.165) is 10.8 Å². The van der Waals surface area contributed by atoms with Crippen molar-refractivity contribution in [3.8, 4) is 0 Å². The number of aryl methyl sites for hydroxylation is 1. The van der Waals surface area contributed by atoms with Gasteiger partial charge in [0.25, 0.3) is 0 Å². The van der Waals surface area contributed by atoms with E-state index in [1.807, 2.05) is 6.08 Å². The van der Waals surface area contributed by atoms with Gasteiger partial charge in [-0.25, -0.2) is 0 Å². The van der Waals surface area contributed by atoms with E-state index in [1.165, 1.54) is 80.2 Å². The van der Waals surface area contributed by atoms with Gasteiger partial charge in [0.15, 0.2) is 0 Å². The fraction of sp³-hybridized carbons (Fsp3) is 0.632. The molecule has 0 aliphatic rings. The SMILES string of the molecule is C=C(C)c1ccc(CCCC(C)(C)C)cc1.C=C/C=C\C(=C/C)C(C)CC(CC(C)(CCC)CCC)SCC. The zero-order valence-corrected chi connectivity index (χ0v) is 28.5. The van der Waals surface area contributed by atoms with Gasteiger partial charge in [0.05, 0.1) is 0 Å². The van der Waals surface area contributed by atoms with E-state index in [4.69, 9.17) is 0 Å². The number of allylic oxidation sites excluding steroid dienone is 6. The number of thioether (sulfide) groups is 1. The van der Waals surface area contributed by atoms with E-state index in [0.29, 0.717) is 16.7 Å². The topological polar surface area (TPSA) is 0 Å². The molecule has 0 bridgehead atoms. The third-order valence-corrected chi connectivity index (χ3v) is 8.78. The van der Waals surface area contributed by atoms with Crippen molar-refractivity contribution >= 4 is 17.3 Å². The van der Waals surface area contributed by atoms with Gasteiger partial charge < -0.3 is 0 Å². The Morgan fingerprint density at radius 3 is 2.00 bits per heavy atom. The first kappa shape index (κ1) is 37.5. The van der Waals surface area contributed by atoms with Gasteiger partial charge in [0, 0.05) is 5.25 Å². The first-order valence-corrected chi connectivity index (χ1v) is 16.7. The van der Waals surface area contributed by atoms with Crippen LogP contribution in [0, 0.1) is 16.7 Å². The lowest BCUT2D eigenvalue weighted by atomic mass is 9.76. The summed E-state index contributed by atoms with van der Waals surface area (Å²) >= 11 is 2.16. The summed E-state index contributed by atoms with van der Waals surface area (Å²) in [6.45, 7) is 30.7. The highest BCUT2D eigenvalue weighted by Gasteiger charge is 2.28. The Morgan fingerprint density at radius 2 is 1.56 bits per heavy atom. The molecule has 1 aromatic rings. The van der Waals surface area contributed by atoms with E-state index in [2.05, 4.69) is 137 Å². The largest absolute Gasteiger partial charge is 0.159 e. The Bertz CT molecular complexity index is 840. The monoisotopic (exact) mass is 552 g/mol. The number of hydrogen-bond donors (Lipinski definition) is 0. The Balaban J connectivity index is 0.000000787. The summed E-state index contributed by atoms with van der Waals surface area (Å²) < 4.78 is 0. The van der Waals surface area contributed by atoms with E-state index < -0.39 is 0 Å². The van der Waals surface area contributed by atoms with Crippen molar-refractivity contribution in [3.05, 3.63) is 78.4 Å². The molecule has 0 aromatic heterocycles. The first-order chi connectivity index (χ1) is 18.3. The van der Waals surface area contributed by atoms with Gasteiger partial charge in [-0.2, -0.15) is 11.8 Å². The minimum Gasteiger partial charge on any atom is -0.159 e. The van der Waals surface area contributed by atoms with Crippen LogP contribution in [-0.4, -0.2) is 11.0 Å². The zero-order valence-electron chi connectivity index (χ0n) is 27.7. The van der Waals surface area contributed by atoms with Crippen LogP contribution in [0.5, 0.6) is 0 Å². The lowest BCUT2D eigenvalue weighted by Crippen LogP contribution is -2.24. The fourth-order valence-electron chi connectivity index (χ4n) is 5.57. The molecule has 0 nitrogen and oxygen atoms in total. The van der Waals surface area contributed by atoms with E-state index in [9.17, 15) is 0 Å². The normalized spacial score (nSPS) is 14.1. The maximum Gasteiger partial charge on any atom is 0.00578 e. The summed E-state index contributed by atoms with van der Waals surface area (Å²) in [5.41, 5.74) is 6.25. The molecule has 0 fully saturated rings. The standard InChI is InChI=1S/C22H40S.C16H24/c1-8-13-14-20(11-4)19(6)17-21(23-12-5)18-22(7,15-9-2)16-10-3;1-13(2)15-10-8-14(9-11-15)7-6-12-16(3,4)5/h8,11,13-14,19,21H,1,9-10,12,15-18H2,2-7H3;8-11H,1,6-7,12H2,2-5H3/b14-13-,20-11+;. The highest BCUT2D eigenvalue weighted by atomic mass is 32.2. The molecule has 0 aliphatic heterocycles. The van der Waals surface area contributed by atoms with Gasteiger partial charge >= 0.3 is 0 Å². The van der Waals surface area contributed by atoms with Gasteiger partial charge in [0.1, 0.15) is 0 Å². The quantitative estimate of drug-likeness (QED) is 0.173. The number of rotatable bonds is 17. The predicted molar refractivity (Wildman–Crippen MR) is 185 cm³/mol. The Labute approximate surface area is 249 Å². The summed E-state index contributed by atoms with van der Waals surface area (Å²) in [5, 5.41) is 0.769. The van der Waals surface area contributed by atoms with Crippen LogP contribution in [0.2, 0.25) is 0 Å². The van der Waals surface area contributed by atoms with Crippen LogP contribution < -0.4 is 0 Å². The third kappa shape index (κ3) is 17.8. The molecule has 39 heavy (non-hydrogen) atoms. The highest BCUT2D eigenvalue weighted by Crippen LogP contribution is 2.40. The first-order valence-electron chi connectivity index (χ1n) is 15.7. The van der Waals surface area contributed by atoms with E-state index >= 15 is 0 Å². The molecule has 0 amide bonds. The second-order valence-electron chi connectivity index (χ2n) is 13.0. The van der Waals surface area contributed by atoms with Crippen LogP contribution in [0.3, 0.4) is 0 Å². The molecule has 1 rings (SSSR count). The average molecular weight is 553 g/mol. The molecule has 0 heterocycles. The van der Waals surface area contributed by atoms with Crippen molar-refractivity contribution < 1.29 is 0 Å². The van der Waals surface area contributed by atoms with Crippen molar-refractivity contribution in [2.24, 2.45) is 16.7 Å². The highest BCUT2D eigenvalue weighted by molar-refractivity contribution is 7.99. The minimum atomic E-state index is 0.456. The lowest BCUT2D eigenvalue weighted by Gasteiger charge is -2.34. The Kier molecular flexibility index (Phi) is 19.6. The maximum absolute atomic E-state index is 3.95. The van der Waals surface area contributed by atoms with Crippen molar-refractivity contribution in [2.45, 2.75) is 132 Å². The number of benzene rings is 1. The van der Waals surface area contributed by atoms with E-state index in [1.54, 1.807) is 0 Å². The van der Waals surface area contributed by atoms with Crippen LogP contribution in [0.4, 0.5) is 0 Å². The van der Waals surface area contributed by atoms with Gasteiger partial charge in [-0.1, -0.05) is 136 Å². The zero-order chi connectivity index (χ0) is 29.9. The molecule has 222 valence electrons. The van der Waals surface area contributed by atoms with Crippen molar-refractivity contribution in [2.75, 3.05) is 5.75 Å². The smallest absolute Gasteiger partial charge is 0.00578 e. The molecule has 0 saturated heterocycles. The Hall–Kier alpha value is -1.47. The van der Waals surface area contributed by atoms with Crippen LogP contribution in [0.15, 0.2) is 67.3 Å². The summed E-state index contributed by atoms with van der Waals surface area (Å²) in [7, 11) is 0. The molecule has 0 spiro atoms. The van der Waals surface area contributed by atoms with Gasteiger partial charge in [-0.3, -0.25) is 0 Å². The van der Waals surface area contributed by atoms with Crippen molar-refractivity contribution in [1.82, 2.24) is 0 Å². The second kappa shape index (κ2) is 20.4. The van der Waals surface area contributed by atoms with Gasteiger partial charge in [-0.15, -0.1) is 0 Å². The summed E-state index contributed by atoms with van der Waals surface area (Å²) in [6.07, 6.45) is 20.1. The molecule has 2 unspecified atom stereocenters. The average Bonchev–Trinajstić information content (AvgIpc) is 2.85. The van der Waals surface area contributed by atoms with Crippen LogP contribution in [0.25, 0.3) is 5.57 Å². The number of hydrogen-bond acceptors (Lipinski definition) is 1. The molecule has 0 saturated carbocycles. The van der Waals surface area contributed by atoms with E-state index in [-0.39, 0.29) is 0 Å². The summed E-state index contributed by atoms with van der Waals surface area (Å²) in [4.78, 5) is 0. The molecule has 1 heteroatoms. The maximum atomic E-state index is 3.95. The third-order valence-electron chi connectivity index (χ3n) is 7.61. The lowest BCUT2D eigenvalue weighted by molar-refractivity contribution is 0.237. The predicted octanol–water partition coefficient (Wildman–Crippen LogP) is 12.9. The summed E-state index contributed by atoms with van der Waals surface area (Å²) in [6, 6.07) is 8.81. The van der Waals surface area contributed by atoms with Crippen LogP contribution >= 0.6 is 11.8 Å². The fourth-order valence-corrected chi connectivity index (χ4v) is 6.98. The van der Waals surface area contributed by atoms with Crippen molar-refractivity contribution in [3.63, 3.8) is 0 Å². The minimum absolute atomic E-state index is 0.456. The second-order valence-corrected chi connectivity index (χ2v) is 14.6. The molecule has 0 aliphatic carbocycles. The molecule has 0 N–H and O–H groups in total. The summed E-state index contributed by atoms with van der Waals surface area (Å²) in [5.74, 6) is 1.84. The molecule has 1 aromatic carbocycles. The van der Waals surface area contributed by atoms with Gasteiger partial charge in [-0.05, 0) is 98.0 Å². The van der Waals surface area contributed by atoms with Crippen LogP contribution in [-0.2, 0) is 6.42 Å². The molecular formula is C38H64S. The van der Waals surface area contributed by atoms with Crippen LogP contribution in [0.1, 0.15) is 132 Å². The molecule has 2 atom stereocenters. The Morgan fingerprint density at radius 1 is 0.974 bits per heavy atom. The molecule has 0 radical (unpaired) electrons. The molecular weight excluding hydrogens is 488 g/mol. The van der Waals surface area contributed by atoms with Crippen molar-refractivity contribution in [1.29, 1.82) is 0 Å². The van der Waals surface area contributed by atoms with Gasteiger partial charge in [0.2, 0.25) is 0 Å².